The van der Waals surface area contributed by atoms with Crippen LogP contribution in [0.1, 0.15) is 57.7 Å². The second kappa shape index (κ2) is 9.45. The van der Waals surface area contributed by atoms with Crippen LogP contribution in [0.4, 0.5) is 0 Å². The Labute approximate surface area is 158 Å². The van der Waals surface area contributed by atoms with Crippen molar-refractivity contribution in [3.63, 3.8) is 0 Å². The lowest BCUT2D eigenvalue weighted by molar-refractivity contribution is 0.216. The van der Waals surface area contributed by atoms with Crippen molar-refractivity contribution in [2.24, 2.45) is 10.4 Å². The topological polar surface area (TPSA) is 49.3 Å². The number of aliphatic imine (C=N–C) groups is 1. The van der Waals surface area contributed by atoms with Crippen molar-refractivity contribution < 1.29 is 0 Å². The van der Waals surface area contributed by atoms with Crippen molar-refractivity contribution in [1.82, 2.24) is 15.6 Å². The molecule has 130 valence electrons. The molecule has 1 saturated carbocycles. The highest BCUT2D eigenvalue weighted by Crippen LogP contribution is 2.34. The Morgan fingerprint density at radius 3 is 2.65 bits per heavy atom. The van der Waals surface area contributed by atoms with Gasteiger partial charge < -0.3 is 10.6 Å². The van der Waals surface area contributed by atoms with Crippen molar-refractivity contribution in [2.75, 3.05) is 6.54 Å². The van der Waals surface area contributed by atoms with Gasteiger partial charge in [-0.2, -0.15) is 0 Å². The third kappa shape index (κ3) is 6.65. The molecule has 0 amide bonds. The first-order valence-electron chi connectivity index (χ1n) is 8.45. The van der Waals surface area contributed by atoms with Crippen LogP contribution in [0, 0.1) is 12.3 Å². The van der Waals surface area contributed by atoms with Crippen LogP contribution in [-0.2, 0) is 6.54 Å². The maximum atomic E-state index is 4.71. The SMILES string of the molecule is CCNC(=NCc1ncccc1C)NC1CCC(C)(C)CC1.I. The van der Waals surface area contributed by atoms with Crippen molar-refractivity contribution in [3.05, 3.63) is 29.6 Å². The molecule has 0 unspecified atom stereocenters. The second-order valence-corrected chi connectivity index (χ2v) is 7.04. The zero-order valence-electron chi connectivity index (χ0n) is 14.9. The zero-order valence-corrected chi connectivity index (χ0v) is 17.2. The molecule has 0 atom stereocenters. The molecule has 0 saturated heterocycles. The number of aromatic nitrogens is 1. The molecule has 1 aromatic heterocycles. The van der Waals surface area contributed by atoms with Crippen LogP contribution in [0.2, 0.25) is 0 Å². The van der Waals surface area contributed by atoms with E-state index < -0.39 is 0 Å². The van der Waals surface area contributed by atoms with Gasteiger partial charge in [-0.05, 0) is 56.6 Å². The Hall–Kier alpha value is -0.850. The number of rotatable bonds is 4. The molecule has 0 bridgehead atoms. The highest BCUT2D eigenvalue weighted by Gasteiger charge is 2.27. The summed E-state index contributed by atoms with van der Waals surface area (Å²) in [6, 6.07) is 4.59. The summed E-state index contributed by atoms with van der Waals surface area (Å²) in [5.74, 6) is 0.914. The normalized spacial score (nSPS) is 18.2. The van der Waals surface area contributed by atoms with E-state index in [1.807, 2.05) is 12.3 Å². The average molecular weight is 430 g/mol. The van der Waals surface area contributed by atoms with E-state index in [-0.39, 0.29) is 24.0 Å². The standard InChI is InChI=1S/C18H30N4.HI/c1-5-19-17(21-13-16-14(2)7-6-12-20-16)22-15-8-10-18(3,4)11-9-15;/h6-7,12,15H,5,8-11,13H2,1-4H3,(H2,19,21,22);1H. The summed E-state index contributed by atoms with van der Waals surface area (Å²) in [7, 11) is 0. The van der Waals surface area contributed by atoms with Crippen molar-refractivity contribution in [1.29, 1.82) is 0 Å². The molecule has 4 nitrogen and oxygen atoms in total. The minimum absolute atomic E-state index is 0. The average Bonchev–Trinajstić information content (AvgIpc) is 2.48. The Balaban J connectivity index is 0.00000264. The summed E-state index contributed by atoms with van der Waals surface area (Å²) in [6.07, 6.45) is 6.84. The molecule has 1 aliphatic carbocycles. The summed E-state index contributed by atoms with van der Waals surface area (Å²) in [4.78, 5) is 9.12. The van der Waals surface area contributed by atoms with Crippen molar-refractivity contribution in [2.45, 2.75) is 66.0 Å². The quantitative estimate of drug-likeness (QED) is 0.431. The van der Waals surface area contributed by atoms with Gasteiger partial charge in [0.25, 0.3) is 0 Å². The predicted molar refractivity (Wildman–Crippen MR) is 108 cm³/mol. The van der Waals surface area contributed by atoms with Crippen molar-refractivity contribution in [3.8, 4) is 0 Å². The van der Waals surface area contributed by atoms with E-state index in [1.165, 1.54) is 31.2 Å². The number of aryl methyl sites for hydroxylation is 1. The predicted octanol–water partition coefficient (Wildman–Crippen LogP) is 4.03. The number of halogens is 1. The molecule has 0 radical (unpaired) electrons. The van der Waals surface area contributed by atoms with Gasteiger partial charge >= 0.3 is 0 Å². The molecule has 2 N–H and O–H groups in total. The van der Waals surface area contributed by atoms with E-state index in [0.717, 1.165) is 18.2 Å². The van der Waals surface area contributed by atoms with E-state index in [0.29, 0.717) is 18.0 Å². The number of guanidine groups is 1. The lowest BCUT2D eigenvalue weighted by Gasteiger charge is -2.35. The summed E-state index contributed by atoms with van der Waals surface area (Å²) < 4.78 is 0. The van der Waals surface area contributed by atoms with Crippen LogP contribution in [0.5, 0.6) is 0 Å². The highest BCUT2D eigenvalue weighted by atomic mass is 127. The fourth-order valence-electron chi connectivity index (χ4n) is 2.89. The van der Waals surface area contributed by atoms with Gasteiger partial charge in [0, 0.05) is 18.8 Å². The van der Waals surface area contributed by atoms with Crippen LogP contribution in [-0.4, -0.2) is 23.5 Å². The Morgan fingerprint density at radius 2 is 2.04 bits per heavy atom. The van der Waals surface area contributed by atoms with E-state index in [2.05, 4.69) is 49.4 Å². The molecule has 0 aliphatic heterocycles. The van der Waals surface area contributed by atoms with Crippen LogP contribution in [0.15, 0.2) is 23.3 Å². The minimum Gasteiger partial charge on any atom is -0.357 e. The molecule has 23 heavy (non-hydrogen) atoms. The van der Waals surface area contributed by atoms with Gasteiger partial charge in [-0.3, -0.25) is 4.98 Å². The molecular formula is C18H31IN4. The number of hydrogen-bond acceptors (Lipinski definition) is 2. The van der Waals surface area contributed by atoms with Gasteiger partial charge in [0.05, 0.1) is 12.2 Å². The van der Waals surface area contributed by atoms with Gasteiger partial charge in [-0.25, -0.2) is 4.99 Å². The maximum Gasteiger partial charge on any atom is 0.191 e. The largest absolute Gasteiger partial charge is 0.357 e. The molecule has 0 aromatic carbocycles. The lowest BCUT2D eigenvalue weighted by atomic mass is 9.75. The first-order valence-corrected chi connectivity index (χ1v) is 8.45. The molecule has 1 aliphatic rings. The van der Waals surface area contributed by atoms with E-state index in [9.17, 15) is 0 Å². The molecular weight excluding hydrogens is 399 g/mol. The number of nitrogens with zero attached hydrogens (tertiary/aromatic N) is 2. The van der Waals surface area contributed by atoms with Gasteiger partial charge in [0.1, 0.15) is 0 Å². The molecule has 2 rings (SSSR count). The van der Waals surface area contributed by atoms with Crippen molar-refractivity contribution >= 4 is 29.9 Å². The lowest BCUT2D eigenvalue weighted by Crippen LogP contribution is -2.45. The summed E-state index contributed by atoms with van der Waals surface area (Å²) >= 11 is 0. The summed E-state index contributed by atoms with van der Waals surface area (Å²) in [5.41, 5.74) is 2.74. The molecule has 5 heteroatoms. The van der Waals surface area contributed by atoms with E-state index in [1.54, 1.807) is 0 Å². The Bertz CT molecular complexity index is 503. The van der Waals surface area contributed by atoms with Crippen LogP contribution in [0.3, 0.4) is 0 Å². The van der Waals surface area contributed by atoms with Crippen LogP contribution < -0.4 is 10.6 Å². The molecule has 0 spiro atoms. The minimum atomic E-state index is 0. The molecule has 1 aromatic rings. The fraction of sp³-hybridized carbons (Fsp3) is 0.667. The number of pyridine rings is 1. The number of hydrogen-bond donors (Lipinski definition) is 2. The summed E-state index contributed by atoms with van der Waals surface area (Å²) in [6.45, 7) is 10.4. The Morgan fingerprint density at radius 1 is 1.35 bits per heavy atom. The van der Waals surface area contributed by atoms with Crippen LogP contribution in [0.25, 0.3) is 0 Å². The van der Waals surface area contributed by atoms with E-state index in [4.69, 9.17) is 4.99 Å². The second-order valence-electron chi connectivity index (χ2n) is 7.04. The third-order valence-electron chi connectivity index (χ3n) is 4.53. The molecule has 1 heterocycles. The zero-order chi connectivity index (χ0) is 16.0. The first kappa shape index (κ1) is 20.2. The number of nitrogens with one attached hydrogen (secondary N) is 2. The Kier molecular flexibility index (Phi) is 8.29. The maximum absolute atomic E-state index is 4.71. The highest BCUT2D eigenvalue weighted by molar-refractivity contribution is 14.0. The molecule has 1 fully saturated rings. The third-order valence-corrected chi connectivity index (χ3v) is 4.53. The van der Waals surface area contributed by atoms with Crippen LogP contribution >= 0.6 is 24.0 Å². The first-order chi connectivity index (χ1) is 10.5. The van der Waals surface area contributed by atoms with Gasteiger partial charge in [-0.1, -0.05) is 19.9 Å². The van der Waals surface area contributed by atoms with Gasteiger partial charge in [-0.15, -0.1) is 24.0 Å². The summed E-state index contributed by atoms with van der Waals surface area (Å²) in [5, 5.41) is 6.95. The van der Waals surface area contributed by atoms with Gasteiger partial charge in [0.15, 0.2) is 5.96 Å². The van der Waals surface area contributed by atoms with Gasteiger partial charge in [0.2, 0.25) is 0 Å². The smallest absolute Gasteiger partial charge is 0.191 e. The van der Waals surface area contributed by atoms with E-state index >= 15 is 0 Å². The monoisotopic (exact) mass is 430 g/mol. The fourth-order valence-corrected chi connectivity index (χ4v) is 2.89.